The first kappa shape index (κ1) is 16.2. The minimum absolute atomic E-state index is 0.778. The van der Waals surface area contributed by atoms with E-state index in [0.29, 0.717) is 0 Å². The minimum atomic E-state index is 0.778. The van der Waals surface area contributed by atoms with E-state index in [1.165, 1.54) is 16.2 Å². The average Bonchev–Trinajstić information content (AvgIpc) is 3.05. The number of hydrogen-bond acceptors (Lipinski definition) is 5. The monoisotopic (exact) mass is 403 g/mol. The minimum Gasteiger partial charge on any atom is -0.253 e. The molecule has 0 amide bonds. The first-order valence-electron chi connectivity index (χ1n) is 6.89. The number of hydrazone groups is 1. The van der Waals surface area contributed by atoms with Gasteiger partial charge in [-0.2, -0.15) is 5.10 Å². The second-order valence-electron chi connectivity index (χ2n) is 4.69. The zero-order chi connectivity index (χ0) is 16.1. The van der Waals surface area contributed by atoms with Gasteiger partial charge in [-0.1, -0.05) is 40.2 Å². The number of rotatable bonds is 5. The van der Waals surface area contributed by atoms with E-state index in [4.69, 9.17) is 0 Å². The average molecular weight is 404 g/mol. The van der Waals surface area contributed by atoms with Crippen LogP contribution in [-0.4, -0.2) is 17.5 Å². The quantitative estimate of drug-likeness (QED) is 0.335. The van der Waals surface area contributed by atoms with Gasteiger partial charge in [0.1, 0.15) is 0 Å². The molecule has 0 saturated heterocycles. The Morgan fingerprint density at radius 3 is 2.57 bits per heavy atom. The lowest BCUT2D eigenvalue weighted by molar-refractivity contribution is 1.29. The molecule has 0 bridgehead atoms. The van der Waals surface area contributed by atoms with E-state index >= 15 is 0 Å². The topological polar surface area (TPSA) is 37.3 Å². The van der Waals surface area contributed by atoms with Gasteiger partial charge in [0.15, 0.2) is 0 Å². The van der Waals surface area contributed by atoms with E-state index in [0.717, 1.165) is 26.4 Å². The number of hydrogen-bond donors (Lipinski definition) is 1. The van der Waals surface area contributed by atoms with E-state index in [1.54, 1.807) is 18.0 Å². The van der Waals surface area contributed by atoms with Crippen molar-refractivity contribution in [3.63, 3.8) is 0 Å². The Hall–Kier alpha value is -1.63. The third-order valence-electron chi connectivity index (χ3n) is 3.13. The molecule has 0 spiro atoms. The first-order valence-corrected chi connectivity index (χ1v) is 9.79. The summed E-state index contributed by atoms with van der Waals surface area (Å²) in [7, 11) is 0. The van der Waals surface area contributed by atoms with Gasteiger partial charge >= 0.3 is 0 Å². The largest absolute Gasteiger partial charge is 0.253 e. The fraction of sp³-hybridized carbons (Fsp3) is 0.0588. The van der Waals surface area contributed by atoms with Crippen molar-refractivity contribution in [2.24, 2.45) is 5.10 Å². The third kappa shape index (κ3) is 4.43. The van der Waals surface area contributed by atoms with E-state index in [-0.39, 0.29) is 0 Å². The second kappa shape index (κ2) is 7.77. The van der Waals surface area contributed by atoms with Crippen molar-refractivity contribution in [3.05, 3.63) is 63.9 Å². The van der Waals surface area contributed by atoms with Gasteiger partial charge in [-0.05, 0) is 36.1 Å². The van der Waals surface area contributed by atoms with Crippen LogP contribution in [0.4, 0.5) is 5.13 Å². The molecule has 0 unspecified atom stereocenters. The molecule has 0 aliphatic heterocycles. The smallest absolute Gasteiger partial charge is 0.203 e. The summed E-state index contributed by atoms with van der Waals surface area (Å²) in [5.74, 6) is 0. The number of aromatic nitrogens is 1. The zero-order valence-corrected chi connectivity index (χ0v) is 15.6. The van der Waals surface area contributed by atoms with Crippen LogP contribution in [0.5, 0.6) is 0 Å². The van der Waals surface area contributed by atoms with Crippen LogP contribution < -0.4 is 5.43 Å². The molecule has 0 radical (unpaired) electrons. The summed E-state index contributed by atoms with van der Waals surface area (Å²) in [5.41, 5.74) is 6.08. The molecule has 23 heavy (non-hydrogen) atoms. The molecule has 2 aromatic carbocycles. The van der Waals surface area contributed by atoms with E-state index in [2.05, 4.69) is 49.8 Å². The first-order chi connectivity index (χ1) is 11.2. The van der Waals surface area contributed by atoms with Crippen molar-refractivity contribution in [2.75, 3.05) is 11.7 Å². The number of anilines is 1. The number of thioether (sulfide) groups is 1. The fourth-order valence-electron chi connectivity index (χ4n) is 1.93. The Labute approximate surface area is 152 Å². The standard InChI is InChI=1S/C17H14BrN3S2/c1-22-15-8-2-12(3-9-15)10-19-21-17-20-16(11-23-17)13-4-6-14(18)7-5-13/h2-11H,1H3,(H,20,21). The van der Waals surface area contributed by atoms with Crippen LogP contribution in [0.3, 0.4) is 0 Å². The maximum atomic E-state index is 4.54. The van der Waals surface area contributed by atoms with Crippen LogP contribution in [0.2, 0.25) is 0 Å². The molecule has 0 aliphatic rings. The maximum Gasteiger partial charge on any atom is 0.203 e. The Kier molecular flexibility index (Phi) is 5.48. The van der Waals surface area contributed by atoms with Gasteiger partial charge in [0, 0.05) is 20.3 Å². The summed E-state index contributed by atoms with van der Waals surface area (Å²) in [6.07, 6.45) is 3.86. The molecule has 0 aliphatic carbocycles. The van der Waals surface area contributed by atoms with Crippen molar-refractivity contribution in [1.82, 2.24) is 4.98 Å². The van der Waals surface area contributed by atoms with Gasteiger partial charge in [0.25, 0.3) is 0 Å². The lowest BCUT2D eigenvalue weighted by Gasteiger charge is -1.98. The predicted octanol–water partition coefficient (Wildman–Crippen LogP) is 5.74. The molecule has 1 aromatic heterocycles. The highest BCUT2D eigenvalue weighted by atomic mass is 79.9. The van der Waals surface area contributed by atoms with Crippen LogP contribution >= 0.6 is 39.0 Å². The molecule has 0 atom stereocenters. The number of nitrogens with one attached hydrogen (secondary N) is 1. The summed E-state index contributed by atoms with van der Waals surface area (Å²) in [6.45, 7) is 0. The molecule has 3 rings (SSSR count). The van der Waals surface area contributed by atoms with Crippen LogP contribution in [0.25, 0.3) is 11.3 Å². The summed E-state index contributed by atoms with van der Waals surface area (Å²) >= 11 is 6.71. The van der Waals surface area contributed by atoms with Crippen molar-refractivity contribution in [2.45, 2.75) is 4.90 Å². The van der Waals surface area contributed by atoms with E-state index in [9.17, 15) is 0 Å². The number of nitrogens with zero attached hydrogens (tertiary/aromatic N) is 2. The number of thiazole rings is 1. The molecule has 3 nitrogen and oxygen atoms in total. The van der Waals surface area contributed by atoms with Crippen molar-refractivity contribution in [1.29, 1.82) is 0 Å². The molecule has 0 fully saturated rings. The van der Waals surface area contributed by atoms with Crippen LogP contribution in [0, 0.1) is 0 Å². The Bertz CT molecular complexity index is 795. The van der Waals surface area contributed by atoms with Gasteiger partial charge in [-0.15, -0.1) is 23.1 Å². The van der Waals surface area contributed by atoms with Gasteiger partial charge in [-0.3, -0.25) is 5.43 Å². The fourth-order valence-corrected chi connectivity index (χ4v) is 3.27. The lowest BCUT2D eigenvalue weighted by atomic mass is 10.2. The maximum absolute atomic E-state index is 4.54. The summed E-state index contributed by atoms with van der Waals surface area (Å²) in [5, 5.41) is 7.05. The van der Waals surface area contributed by atoms with E-state index in [1.807, 2.05) is 41.8 Å². The lowest BCUT2D eigenvalue weighted by Crippen LogP contribution is -1.90. The van der Waals surface area contributed by atoms with Crippen molar-refractivity contribution in [3.8, 4) is 11.3 Å². The molecular formula is C17H14BrN3S2. The molecule has 1 N–H and O–H groups in total. The predicted molar refractivity (Wildman–Crippen MR) is 105 cm³/mol. The Balaban J connectivity index is 1.64. The molecule has 116 valence electrons. The summed E-state index contributed by atoms with van der Waals surface area (Å²) in [4.78, 5) is 5.79. The van der Waals surface area contributed by atoms with E-state index < -0.39 is 0 Å². The molecule has 6 heteroatoms. The normalized spacial score (nSPS) is 11.0. The van der Waals surface area contributed by atoms with Crippen LogP contribution in [0.15, 0.2) is 68.4 Å². The SMILES string of the molecule is CSc1ccc(C=NNc2nc(-c3ccc(Br)cc3)cs2)cc1. The Morgan fingerprint density at radius 2 is 1.87 bits per heavy atom. The number of benzene rings is 2. The van der Waals surface area contributed by atoms with Crippen molar-refractivity contribution >= 4 is 50.4 Å². The molecule has 0 saturated carbocycles. The highest BCUT2D eigenvalue weighted by molar-refractivity contribution is 9.10. The molecule has 1 heterocycles. The third-order valence-corrected chi connectivity index (χ3v) is 5.15. The second-order valence-corrected chi connectivity index (χ2v) is 7.34. The zero-order valence-electron chi connectivity index (χ0n) is 12.4. The molecule has 3 aromatic rings. The number of halogens is 1. The Morgan fingerprint density at radius 1 is 1.13 bits per heavy atom. The highest BCUT2D eigenvalue weighted by Gasteiger charge is 2.03. The van der Waals surface area contributed by atoms with Crippen molar-refractivity contribution < 1.29 is 0 Å². The summed E-state index contributed by atoms with van der Waals surface area (Å²) in [6, 6.07) is 16.4. The van der Waals surface area contributed by atoms with Crippen LogP contribution in [-0.2, 0) is 0 Å². The van der Waals surface area contributed by atoms with Gasteiger partial charge < -0.3 is 0 Å². The van der Waals surface area contributed by atoms with Gasteiger partial charge in [0.2, 0.25) is 5.13 Å². The highest BCUT2D eigenvalue weighted by Crippen LogP contribution is 2.26. The van der Waals surface area contributed by atoms with Gasteiger partial charge in [-0.25, -0.2) is 4.98 Å². The van der Waals surface area contributed by atoms with Gasteiger partial charge in [0.05, 0.1) is 11.9 Å². The summed E-state index contributed by atoms with van der Waals surface area (Å²) < 4.78 is 1.06. The molecular weight excluding hydrogens is 390 g/mol. The van der Waals surface area contributed by atoms with Crippen LogP contribution in [0.1, 0.15) is 5.56 Å².